The van der Waals surface area contributed by atoms with Gasteiger partial charge in [-0.25, -0.2) is 8.78 Å². The quantitative estimate of drug-likeness (QED) is 0.800. The van der Waals surface area contributed by atoms with Crippen LogP contribution in [0.1, 0.15) is 47.4 Å². The molecule has 29 heavy (non-hydrogen) atoms. The van der Waals surface area contributed by atoms with Crippen LogP contribution in [0, 0.1) is 11.6 Å². The van der Waals surface area contributed by atoms with Crippen molar-refractivity contribution in [2.45, 2.75) is 38.8 Å². The first-order valence-corrected chi connectivity index (χ1v) is 9.65. The lowest BCUT2D eigenvalue weighted by Crippen LogP contribution is -2.39. The largest absolute Gasteiger partial charge is 0.491 e. The van der Waals surface area contributed by atoms with Crippen LogP contribution in [-0.4, -0.2) is 41.9 Å². The number of carbonyl (C=O) groups excluding carboxylic acids is 2. The molecule has 154 valence electrons. The fourth-order valence-corrected chi connectivity index (χ4v) is 3.31. The molecule has 5 nitrogen and oxygen atoms in total. The molecule has 1 heterocycles. The second kappa shape index (κ2) is 9.03. The number of halogens is 2. The molecule has 2 aromatic carbocycles. The molecule has 1 aliphatic rings. The van der Waals surface area contributed by atoms with E-state index in [0.717, 1.165) is 25.0 Å². The second-order valence-corrected chi connectivity index (χ2v) is 7.39. The number of amides is 2. The van der Waals surface area contributed by atoms with Crippen molar-refractivity contribution in [3.8, 4) is 5.75 Å². The maximum Gasteiger partial charge on any atom is 0.254 e. The zero-order valence-electron chi connectivity index (χ0n) is 16.5. The highest BCUT2D eigenvalue weighted by Gasteiger charge is 2.30. The molecule has 0 spiro atoms. The molecular weight excluding hydrogens is 378 g/mol. The minimum atomic E-state index is -1.04. The van der Waals surface area contributed by atoms with Gasteiger partial charge in [0.15, 0.2) is 11.6 Å². The van der Waals surface area contributed by atoms with E-state index in [-0.39, 0.29) is 36.1 Å². The molecule has 3 rings (SSSR count). The molecule has 1 N–H and O–H groups in total. The summed E-state index contributed by atoms with van der Waals surface area (Å²) in [6.45, 7) is 4.61. The third-order valence-corrected chi connectivity index (χ3v) is 4.78. The number of ether oxygens (including phenoxy) is 1. The van der Waals surface area contributed by atoms with Crippen molar-refractivity contribution in [2.75, 3.05) is 13.2 Å². The van der Waals surface area contributed by atoms with E-state index < -0.39 is 11.6 Å². The second-order valence-electron chi connectivity index (χ2n) is 7.39. The highest BCUT2D eigenvalue weighted by molar-refractivity contribution is 5.95. The maximum atomic E-state index is 13.5. The SMILES string of the molecule is CC(C)NC(=O)c1ccc(OC[C@H]2CCCN2C(=O)c2ccc(F)c(F)c2)cc1. The Bertz CT molecular complexity index is 884. The van der Waals surface area contributed by atoms with Crippen molar-refractivity contribution < 1.29 is 23.1 Å². The average Bonchev–Trinajstić information content (AvgIpc) is 3.16. The van der Waals surface area contributed by atoms with Gasteiger partial charge in [-0.2, -0.15) is 0 Å². The van der Waals surface area contributed by atoms with E-state index in [2.05, 4.69) is 5.32 Å². The first kappa shape index (κ1) is 20.8. The number of nitrogens with one attached hydrogen (secondary N) is 1. The van der Waals surface area contributed by atoms with Gasteiger partial charge in [0, 0.05) is 23.7 Å². The van der Waals surface area contributed by atoms with Gasteiger partial charge >= 0.3 is 0 Å². The zero-order chi connectivity index (χ0) is 21.0. The van der Waals surface area contributed by atoms with Crippen LogP contribution in [0.3, 0.4) is 0 Å². The Labute approximate surface area is 168 Å². The molecule has 0 unspecified atom stereocenters. The van der Waals surface area contributed by atoms with E-state index in [9.17, 15) is 18.4 Å². The van der Waals surface area contributed by atoms with Crippen LogP contribution < -0.4 is 10.1 Å². The fourth-order valence-electron chi connectivity index (χ4n) is 3.31. The molecule has 1 aliphatic heterocycles. The van der Waals surface area contributed by atoms with Crippen LogP contribution in [-0.2, 0) is 0 Å². The van der Waals surface area contributed by atoms with Gasteiger partial charge < -0.3 is 15.0 Å². The van der Waals surface area contributed by atoms with Gasteiger partial charge in [-0.1, -0.05) is 0 Å². The highest BCUT2D eigenvalue weighted by atomic mass is 19.2. The van der Waals surface area contributed by atoms with Crippen molar-refractivity contribution in [3.63, 3.8) is 0 Å². The van der Waals surface area contributed by atoms with Gasteiger partial charge in [0.25, 0.3) is 11.8 Å². The van der Waals surface area contributed by atoms with Crippen molar-refractivity contribution in [1.29, 1.82) is 0 Å². The summed E-state index contributed by atoms with van der Waals surface area (Å²) in [7, 11) is 0. The van der Waals surface area contributed by atoms with Gasteiger partial charge in [-0.15, -0.1) is 0 Å². The summed E-state index contributed by atoms with van der Waals surface area (Å²) in [4.78, 5) is 26.3. The Morgan fingerprint density at radius 1 is 1.10 bits per heavy atom. The molecule has 0 saturated carbocycles. The molecule has 1 saturated heterocycles. The number of carbonyl (C=O) groups is 2. The Morgan fingerprint density at radius 2 is 1.79 bits per heavy atom. The minimum Gasteiger partial charge on any atom is -0.491 e. The predicted octanol–water partition coefficient (Wildman–Crippen LogP) is 3.79. The molecule has 0 radical (unpaired) electrons. The molecular formula is C22H24F2N2O3. The zero-order valence-corrected chi connectivity index (χ0v) is 16.5. The number of nitrogens with zero attached hydrogens (tertiary/aromatic N) is 1. The maximum absolute atomic E-state index is 13.5. The molecule has 7 heteroatoms. The van der Waals surface area contributed by atoms with Crippen LogP contribution in [0.5, 0.6) is 5.75 Å². The van der Waals surface area contributed by atoms with Crippen LogP contribution in [0.2, 0.25) is 0 Å². The van der Waals surface area contributed by atoms with Crippen LogP contribution in [0.15, 0.2) is 42.5 Å². The highest BCUT2D eigenvalue weighted by Crippen LogP contribution is 2.22. The first-order valence-electron chi connectivity index (χ1n) is 9.65. The van der Waals surface area contributed by atoms with E-state index in [0.29, 0.717) is 17.9 Å². The monoisotopic (exact) mass is 402 g/mol. The van der Waals surface area contributed by atoms with Crippen LogP contribution >= 0.6 is 0 Å². The molecule has 0 bridgehead atoms. The van der Waals surface area contributed by atoms with Crippen molar-refractivity contribution in [1.82, 2.24) is 10.2 Å². The lowest BCUT2D eigenvalue weighted by atomic mass is 10.1. The lowest BCUT2D eigenvalue weighted by Gasteiger charge is -2.25. The molecule has 0 aliphatic carbocycles. The summed E-state index contributed by atoms with van der Waals surface area (Å²) in [5, 5.41) is 2.82. The van der Waals surface area contributed by atoms with E-state index in [1.807, 2.05) is 13.8 Å². The standard InChI is InChI=1S/C22H24F2N2O3/c1-14(2)25-21(27)15-5-8-18(9-6-15)29-13-17-4-3-11-26(17)22(28)16-7-10-19(23)20(24)12-16/h5-10,12,14,17H,3-4,11,13H2,1-2H3,(H,25,27)/t17-/m1/s1. The Hall–Kier alpha value is -2.96. The van der Waals surface area contributed by atoms with E-state index in [1.165, 1.54) is 6.07 Å². The molecule has 1 fully saturated rings. The number of hydrogen-bond donors (Lipinski definition) is 1. The van der Waals surface area contributed by atoms with Crippen molar-refractivity contribution in [3.05, 3.63) is 65.2 Å². The fraction of sp³-hybridized carbons (Fsp3) is 0.364. The Morgan fingerprint density at radius 3 is 2.45 bits per heavy atom. The summed E-state index contributed by atoms with van der Waals surface area (Å²) < 4.78 is 32.4. The third kappa shape index (κ3) is 5.10. The van der Waals surface area contributed by atoms with Gasteiger partial charge in [0.05, 0.1) is 6.04 Å². The summed E-state index contributed by atoms with van der Waals surface area (Å²) in [5.74, 6) is -1.91. The number of rotatable bonds is 6. The Balaban J connectivity index is 1.60. The van der Waals surface area contributed by atoms with Gasteiger partial charge in [0.2, 0.25) is 0 Å². The minimum absolute atomic E-state index is 0.0545. The molecule has 0 aromatic heterocycles. The lowest BCUT2D eigenvalue weighted by molar-refractivity contribution is 0.0690. The van der Waals surface area contributed by atoms with E-state index in [4.69, 9.17) is 4.74 Å². The predicted molar refractivity (Wildman–Crippen MR) is 105 cm³/mol. The summed E-state index contributed by atoms with van der Waals surface area (Å²) in [6.07, 6.45) is 1.59. The van der Waals surface area contributed by atoms with Gasteiger partial charge in [0.1, 0.15) is 12.4 Å². The first-order chi connectivity index (χ1) is 13.8. The van der Waals surface area contributed by atoms with Gasteiger partial charge in [-0.05, 0) is 69.2 Å². The summed E-state index contributed by atoms with van der Waals surface area (Å²) in [5.41, 5.74) is 0.665. The number of likely N-dealkylation sites (tertiary alicyclic amines) is 1. The smallest absolute Gasteiger partial charge is 0.254 e. The third-order valence-electron chi connectivity index (χ3n) is 4.78. The molecule has 2 amide bonds. The van der Waals surface area contributed by atoms with E-state index >= 15 is 0 Å². The average molecular weight is 402 g/mol. The topological polar surface area (TPSA) is 58.6 Å². The van der Waals surface area contributed by atoms with E-state index in [1.54, 1.807) is 29.2 Å². The molecule has 1 atom stereocenters. The number of hydrogen-bond acceptors (Lipinski definition) is 3. The summed E-state index contributed by atoms with van der Waals surface area (Å²) in [6, 6.07) is 9.88. The van der Waals surface area contributed by atoms with Crippen molar-refractivity contribution >= 4 is 11.8 Å². The normalized spacial score (nSPS) is 16.2. The van der Waals surface area contributed by atoms with Crippen LogP contribution in [0.4, 0.5) is 8.78 Å². The van der Waals surface area contributed by atoms with Gasteiger partial charge in [-0.3, -0.25) is 9.59 Å². The van der Waals surface area contributed by atoms with Crippen LogP contribution in [0.25, 0.3) is 0 Å². The van der Waals surface area contributed by atoms with Crippen molar-refractivity contribution in [2.24, 2.45) is 0 Å². The Kier molecular flexibility index (Phi) is 6.46. The summed E-state index contributed by atoms with van der Waals surface area (Å²) >= 11 is 0. The molecule has 2 aromatic rings. The number of benzene rings is 2.